The molecule has 0 unspecified atom stereocenters. The Balaban J connectivity index is 1.49. The van der Waals surface area contributed by atoms with Crippen LogP contribution in [-0.4, -0.2) is 39.7 Å². The molecule has 2 saturated carbocycles. The molecule has 2 aliphatic rings. The average Bonchev–Trinajstić information content (AvgIpc) is 3.72. The molecule has 7 nitrogen and oxygen atoms in total. The number of halogens is 2. The van der Waals surface area contributed by atoms with Gasteiger partial charge < -0.3 is 20.8 Å². The van der Waals surface area contributed by atoms with E-state index in [9.17, 15) is 14.7 Å². The van der Waals surface area contributed by atoms with Crippen molar-refractivity contribution in [3.05, 3.63) is 52.1 Å². The van der Waals surface area contributed by atoms with Crippen molar-refractivity contribution in [2.45, 2.75) is 44.6 Å². The number of nitrogens with one attached hydrogen (secondary N) is 2. The van der Waals surface area contributed by atoms with E-state index in [1.165, 1.54) is 0 Å². The molecule has 0 bridgehead atoms. The topological polar surface area (TPSA) is 112 Å². The first-order valence-electron chi connectivity index (χ1n) is 12.2. The van der Waals surface area contributed by atoms with Gasteiger partial charge in [-0.05, 0) is 79.8 Å². The van der Waals surface area contributed by atoms with Crippen molar-refractivity contribution in [2.24, 2.45) is 11.8 Å². The molecule has 0 atom stereocenters. The standard InChI is InChI=1S/C27H27Cl2N3O4/c28-21-10-17(11-22(29)26(21)34)16-5-8-23-19(9-16)24(20(13-30-23)25(33)15-3-4-15)32-18-6-1-14(2-7-18)12-31-27(35)36/h5,8-11,13-15,18,31,34H,1-4,6-7,12H2,(H,30,32)(H,35,36)/t14-,18-. The fourth-order valence-electron chi connectivity index (χ4n) is 4.96. The third-order valence-electron chi connectivity index (χ3n) is 7.17. The van der Waals surface area contributed by atoms with Crippen LogP contribution in [0.3, 0.4) is 0 Å². The number of nitrogens with zero attached hydrogens (tertiary/aromatic N) is 1. The minimum Gasteiger partial charge on any atom is -0.505 e. The molecular formula is C27H27Cl2N3O4. The lowest BCUT2D eigenvalue weighted by Crippen LogP contribution is -2.33. The van der Waals surface area contributed by atoms with Gasteiger partial charge in [0.1, 0.15) is 0 Å². The van der Waals surface area contributed by atoms with Crippen molar-refractivity contribution in [3.63, 3.8) is 0 Å². The monoisotopic (exact) mass is 527 g/mol. The summed E-state index contributed by atoms with van der Waals surface area (Å²) in [6.45, 7) is 0.465. The largest absolute Gasteiger partial charge is 0.505 e. The van der Waals surface area contributed by atoms with Crippen molar-refractivity contribution in [1.29, 1.82) is 0 Å². The third-order valence-corrected chi connectivity index (χ3v) is 7.75. The maximum atomic E-state index is 13.2. The van der Waals surface area contributed by atoms with E-state index in [1.807, 2.05) is 18.2 Å². The number of carboxylic acid groups (broad SMARTS) is 1. The normalized spacial score (nSPS) is 19.7. The Morgan fingerprint density at radius 3 is 2.31 bits per heavy atom. The molecule has 2 fully saturated rings. The summed E-state index contributed by atoms with van der Waals surface area (Å²) in [4.78, 5) is 28.6. The van der Waals surface area contributed by atoms with Crippen LogP contribution in [0.15, 0.2) is 36.5 Å². The number of fused-ring (bicyclic) bond motifs is 1. The predicted molar refractivity (Wildman–Crippen MR) is 141 cm³/mol. The first kappa shape index (κ1) is 24.7. The third kappa shape index (κ3) is 5.22. The molecule has 4 N–H and O–H groups in total. The number of amides is 1. The lowest BCUT2D eigenvalue weighted by molar-refractivity contribution is 0.0968. The summed E-state index contributed by atoms with van der Waals surface area (Å²) in [6.07, 6.45) is 6.08. The van der Waals surface area contributed by atoms with Gasteiger partial charge in [0.2, 0.25) is 0 Å². The Kier molecular flexibility index (Phi) is 6.95. The van der Waals surface area contributed by atoms with E-state index in [2.05, 4.69) is 15.6 Å². The number of hydrogen-bond acceptors (Lipinski definition) is 5. The van der Waals surface area contributed by atoms with Crippen LogP contribution < -0.4 is 10.6 Å². The first-order valence-corrected chi connectivity index (χ1v) is 12.9. The Hall–Kier alpha value is -3.03. The van der Waals surface area contributed by atoms with Gasteiger partial charge in [-0.2, -0.15) is 0 Å². The molecule has 1 heterocycles. The van der Waals surface area contributed by atoms with Crippen LogP contribution in [-0.2, 0) is 0 Å². The van der Waals surface area contributed by atoms with Gasteiger partial charge in [-0.1, -0.05) is 29.3 Å². The number of phenolic OH excluding ortho intramolecular Hbond substituents is 1. The van der Waals surface area contributed by atoms with Crippen LogP contribution >= 0.6 is 23.2 Å². The number of anilines is 1. The summed E-state index contributed by atoms with van der Waals surface area (Å²) >= 11 is 12.3. The number of aromatic hydroxyl groups is 1. The zero-order chi connectivity index (χ0) is 25.4. The number of pyridine rings is 1. The quantitative estimate of drug-likeness (QED) is 0.253. The average molecular weight is 528 g/mol. The molecule has 1 aromatic heterocycles. The summed E-state index contributed by atoms with van der Waals surface area (Å²) in [5.74, 6) is 0.336. The van der Waals surface area contributed by atoms with E-state index in [1.54, 1.807) is 18.3 Å². The van der Waals surface area contributed by atoms with Crippen molar-refractivity contribution in [3.8, 4) is 16.9 Å². The van der Waals surface area contributed by atoms with Gasteiger partial charge in [-0.25, -0.2) is 4.79 Å². The lowest BCUT2D eigenvalue weighted by atomic mass is 9.85. The van der Waals surface area contributed by atoms with Crippen LogP contribution in [0.5, 0.6) is 5.75 Å². The van der Waals surface area contributed by atoms with Gasteiger partial charge in [-0.15, -0.1) is 0 Å². The summed E-state index contributed by atoms with van der Waals surface area (Å²) in [6, 6.07) is 9.30. The Morgan fingerprint density at radius 2 is 1.67 bits per heavy atom. The molecule has 1 amide bonds. The summed E-state index contributed by atoms with van der Waals surface area (Å²) in [5.41, 5.74) is 3.76. The van der Waals surface area contributed by atoms with E-state index in [4.69, 9.17) is 28.3 Å². The molecule has 0 saturated heterocycles. The second-order valence-electron chi connectivity index (χ2n) is 9.75. The van der Waals surface area contributed by atoms with Crippen LogP contribution in [0.2, 0.25) is 10.0 Å². The summed E-state index contributed by atoms with van der Waals surface area (Å²) in [5, 5.41) is 26.2. The van der Waals surface area contributed by atoms with Crippen LogP contribution in [0.4, 0.5) is 10.5 Å². The van der Waals surface area contributed by atoms with E-state index in [-0.39, 0.29) is 33.5 Å². The van der Waals surface area contributed by atoms with Crippen LogP contribution in [0, 0.1) is 11.8 Å². The van der Waals surface area contributed by atoms with Gasteiger partial charge in [0.05, 0.1) is 26.8 Å². The number of hydrogen-bond donors (Lipinski definition) is 4. The van der Waals surface area contributed by atoms with Crippen LogP contribution in [0.1, 0.15) is 48.9 Å². The fraction of sp³-hybridized carbons (Fsp3) is 0.370. The van der Waals surface area contributed by atoms with Gasteiger partial charge in [0.15, 0.2) is 11.5 Å². The lowest BCUT2D eigenvalue weighted by Gasteiger charge is -2.30. The highest BCUT2D eigenvalue weighted by Crippen LogP contribution is 2.40. The molecule has 0 aliphatic heterocycles. The Morgan fingerprint density at radius 1 is 0.972 bits per heavy atom. The number of ketones is 1. The molecular weight excluding hydrogens is 501 g/mol. The highest BCUT2D eigenvalue weighted by Gasteiger charge is 2.33. The molecule has 0 radical (unpaired) electrons. The Bertz CT molecular complexity index is 1310. The van der Waals surface area contributed by atoms with E-state index < -0.39 is 6.09 Å². The Labute approximate surface area is 218 Å². The molecule has 0 spiro atoms. The van der Waals surface area contributed by atoms with Gasteiger partial charge in [0, 0.05) is 30.1 Å². The fourth-order valence-corrected chi connectivity index (χ4v) is 5.45. The summed E-state index contributed by atoms with van der Waals surface area (Å²) in [7, 11) is 0. The van der Waals surface area contributed by atoms with E-state index in [0.29, 0.717) is 18.0 Å². The molecule has 36 heavy (non-hydrogen) atoms. The minimum atomic E-state index is -0.992. The highest BCUT2D eigenvalue weighted by molar-refractivity contribution is 6.37. The first-order chi connectivity index (χ1) is 17.3. The van der Waals surface area contributed by atoms with Crippen molar-refractivity contribution >= 4 is 51.7 Å². The smallest absolute Gasteiger partial charge is 0.404 e. The SMILES string of the molecule is O=C(O)NC[C@H]1CC[C@H](Nc2c(C(=O)C3CC3)cnc3ccc(-c4cc(Cl)c(O)c(Cl)c4)cc23)CC1. The number of phenols is 1. The molecule has 3 aromatic rings. The van der Waals surface area contributed by atoms with Gasteiger partial charge >= 0.3 is 6.09 Å². The summed E-state index contributed by atoms with van der Waals surface area (Å²) < 4.78 is 0. The molecule has 188 valence electrons. The number of Topliss-reactive ketones (excluding diaryl/α,β-unsaturated/α-hetero) is 1. The highest BCUT2D eigenvalue weighted by atomic mass is 35.5. The minimum absolute atomic E-state index is 0.0560. The number of rotatable bonds is 7. The van der Waals surface area contributed by atoms with Crippen LogP contribution in [0.25, 0.3) is 22.0 Å². The van der Waals surface area contributed by atoms with Crippen molar-refractivity contribution < 1.29 is 19.8 Å². The second kappa shape index (κ2) is 10.1. The molecule has 9 heteroatoms. The van der Waals surface area contributed by atoms with Crippen molar-refractivity contribution in [2.75, 3.05) is 11.9 Å². The number of aromatic nitrogens is 1. The maximum absolute atomic E-state index is 13.2. The number of benzene rings is 2. The van der Waals surface area contributed by atoms with Crippen molar-refractivity contribution in [1.82, 2.24) is 10.3 Å². The number of carbonyl (C=O) groups is 2. The zero-order valence-corrected chi connectivity index (χ0v) is 21.1. The van der Waals surface area contributed by atoms with Gasteiger partial charge in [0.25, 0.3) is 0 Å². The molecule has 2 aliphatic carbocycles. The molecule has 2 aromatic carbocycles. The zero-order valence-electron chi connectivity index (χ0n) is 19.6. The molecule has 5 rings (SSSR count). The van der Waals surface area contributed by atoms with E-state index in [0.717, 1.165) is 66.2 Å². The van der Waals surface area contributed by atoms with E-state index >= 15 is 0 Å². The second-order valence-corrected chi connectivity index (χ2v) is 10.6. The van der Waals surface area contributed by atoms with Gasteiger partial charge in [-0.3, -0.25) is 9.78 Å². The number of carbonyl (C=O) groups excluding carboxylic acids is 1. The predicted octanol–water partition coefficient (Wildman–Crippen LogP) is 6.75. The maximum Gasteiger partial charge on any atom is 0.404 e.